The van der Waals surface area contributed by atoms with E-state index in [9.17, 15) is 13.6 Å². The zero-order valence-electron chi connectivity index (χ0n) is 13.3. The van der Waals surface area contributed by atoms with Gasteiger partial charge in [-0.25, -0.2) is 0 Å². The molecule has 134 valence electrons. The summed E-state index contributed by atoms with van der Waals surface area (Å²) in [7, 11) is 0. The van der Waals surface area contributed by atoms with Gasteiger partial charge >= 0.3 is 6.61 Å². The minimum atomic E-state index is -2.87. The molecule has 2 bridgehead atoms. The summed E-state index contributed by atoms with van der Waals surface area (Å²) in [6.45, 7) is -2.87. The predicted octanol–water partition coefficient (Wildman–Crippen LogP) is 3.80. The third-order valence-corrected chi connectivity index (χ3v) is 5.11. The lowest BCUT2D eigenvalue weighted by atomic mass is 9.65. The first-order chi connectivity index (χ1) is 11.0. The highest BCUT2D eigenvalue weighted by Crippen LogP contribution is 2.42. The molecule has 7 heteroatoms. The summed E-state index contributed by atoms with van der Waals surface area (Å²) in [5.41, 5.74) is 6.73. The highest BCUT2D eigenvalue weighted by atomic mass is 35.5. The zero-order valence-corrected chi connectivity index (χ0v) is 14.1. The Morgan fingerprint density at radius 1 is 1.25 bits per heavy atom. The first-order valence-corrected chi connectivity index (χ1v) is 8.14. The van der Waals surface area contributed by atoms with E-state index in [4.69, 9.17) is 5.73 Å². The molecule has 2 atom stereocenters. The number of carbonyl (C=O) groups excluding carboxylic acids is 1. The van der Waals surface area contributed by atoms with E-state index in [1.54, 1.807) is 12.1 Å². The van der Waals surface area contributed by atoms with Crippen molar-refractivity contribution in [2.45, 2.75) is 44.8 Å². The maximum absolute atomic E-state index is 12.5. The van der Waals surface area contributed by atoms with Gasteiger partial charge in [0.1, 0.15) is 5.75 Å². The van der Waals surface area contributed by atoms with Crippen LogP contribution >= 0.6 is 12.4 Å². The molecule has 2 aliphatic carbocycles. The first kappa shape index (κ1) is 18.9. The third-order valence-electron chi connectivity index (χ3n) is 5.11. The molecule has 2 aliphatic rings. The Morgan fingerprint density at radius 2 is 1.92 bits per heavy atom. The smallest absolute Gasteiger partial charge is 0.387 e. The van der Waals surface area contributed by atoms with Crippen LogP contribution in [0.3, 0.4) is 0 Å². The zero-order chi connectivity index (χ0) is 16.4. The number of benzene rings is 1. The van der Waals surface area contributed by atoms with Crippen molar-refractivity contribution >= 4 is 24.0 Å². The van der Waals surface area contributed by atoms with Crippen molar-refractivity contribution < 1.29 is 18.3 Å². The van der Waals surface area contributed by atoms with E-state index in [0.717, 1.165) is 25.7 Å². The molecule has 4 nitrogen and oxygen atoms in total. The van der Waals surface area contributed by atoms with Crippen LogP contribution in [0.2, 0.25) is 0 Å². The van der Waals surface area contributed by atoms with Crippen molar-refractivity contribution in [3.05, 3.63) is 24.3 Å². The minimum Gasteiger partial charge on any atom is -0.435 e. The van der Waals surface area contributed by atoms with Gasteiger partial charge < -0.3 is 15.8 Å². The molecule has 1 aromatic carbocycles. The monoisotopic (exact) mass is 360 g/mol. The lowest BCUT2D eigenvalue weighted by Crippen LogP contribution is -2.48. The van der Waals surface area contributed by atoms with E-state index in [1.807, 2.05) is 0 Å². The topological polar surface area (TPSA) is 64.4 Å². The van der Waals surface area contributed by atoms with Crippen LogP contribution in [-0.4, -0.2) is 18.6 Å². The van der Waals surface area contributed by atoms with Gasteiger partial charge in [0.15, 0.2) is 0 Å². The lowest BCUT2D eigenvalue weighted by Gasteiger charge is -2.43. The molecule has 3 rings (SSSR count). The Bertz CT molecular complexity index is 559. The Hall–Kier alpha value is -1.40. The van der Waals surface area contributed by atoms with Gasteiger partial charge in [-0.3, -0.25) is 4.79 Å². The van der Waals surface area contributed by atoms with Gasteiger partial charge in [-0.1, -0.05) is 12.5 Å². The number of fused-ring (bicyclic) bond motifs is 2. The van der Waals surface area contributed by atoms with Crippen LogP contribution in [0.15, 0.2) is 24.3 Å². The summed E-state index contributed by atoms with van der Waals surface area (Å²) in [5.74, 6) is 0.784. The van der Waals surface area contributed by atoms with Crippen LogP contribution in [-0.2, 0) is 4.79 Å². The molecule has 0 saturated heterocycles. The number of hydrogen-bond acceptors (Lipinski definition) is 3. The maximum atomic E-state index is 12.5. The van der Waals surface area contributed by atoms with E-state index >= 15 is 0 Å². The Balaban J connectivity index is 0.00000208. The molecule has 1 amide bonds. The molecular formula is C17H23ClF2N2O2. The van der Waals surface area contributed by atoms with Gasteiger partial charge in [0, 0.05) is 23.7 Å². The number of nitrogens with one attached hydrogen (secondary N) is 1. The van der Waals surface area contributed by atoms with Crippen molar-refractivity contribution in [1.29, 1.82) is 0 Å². The number of nitrogens with two attached hydrogens (primary N) is 1. The van der Waals surface area contributed by atoms with E-state index < -0.39 is 6.61 Å². The minimum absolute atomic E-state index is 0. The fourth-order valence-electron chi connectivity index (χ4n) is 4.00. The van der Waals surface area contributed by atoms with Crippen molar-refractivity contribution in [1.82, 2.24) is 0 Å². The average molecular weight is 361 g/mol. The predicted molar refractivity (Wildman–Crippen MR) is 90.5 cm³/mol. The summed E-state index contributed by atoms with van der Waals surface area (Å²) >= 11 is 0. The van der Waals surface area contributed by atoms with E-state index in [-0.39, 0.29) is 36.0 Å². The molecule has 2 saturated carbocycles. The van der Waals surface area contributed by atoms with Crippen LogP contribution in [0.4, 0.5) is 14.5 Å². The average Bonchev–Trinajstić information content (AvgIpc) is 2.46. The van der Waals surface area contributed by atoms with Crippen molar-refractivity contribution in [3.8, 4) is 5.75 Å². The summed E-state index contributed by atoms with van der Waals surface area (Å²) in [6, 6.07) is 6.33. The van der Waals surface area contributed by atoms with Crippen LogP contribution in [0, 0.1) is 17.8 Å². The second-order valence-corrected chi connectivity index (χ2v) is 6.59. The molecule has 2 fully saturated rings. The van der Waals surface area contributed by atoms with Gasteiger partial charge in [0.25, 0.3) is 0 Å². The van der Waals surface area contributed by atoms with Crippen LogP contribution in [0.5, 0.6) is 5.75 Å². The molecular weight excluding hydrogens is 338 g/mol. The first-order valence-electron chi connectivity index (χ1n) is 8.14. The van der Waals surface area contributed by atoms with Gasteiger partial charge in [-0.05, 0) is 49.7 Å². The third kappa shape index (κ3) is 4.36. The SMILES string of the molecule is Cl.NC1C2CCCC1CC(C(=O)Nc1cccc(OC(F)F)c1)C2. The maximum Gasteiger partial charge on any atom is 0.387 e. The number of amides is 1. The molecule has 0 aromatic heterocycles. The van der Waals surface area contributed by atoms with Crippen molar-refractivity contribution in [3.63, 3.8) is 0 Å². The number of hydrogen-bond donors (Lipinski definition) is 2. The molecule has 1 aromatic rings. The standard InChI is InChI=1S/C17H22F2N2O2.ClH/c18-17(19)23-14-6-2-5-13(9-14)21-16(22)12-7-10-3-1-4-11(8-12)15(10)20;/h2,5-6,9-12,15,17H,1,3-4,7-8,20H2,(H,21,22);1H. The number of halogens is 3. The van der Waals surface area contributed by atoms with Crippen molar-refractivity contribution in [2.75, 3.05) is 5.32 Å². The fraction of sp³-hybridized carbons (Fsp3) is 0.588. The van der Waals surface area contributed by atoms with Gasteiger partial charge in [-0.2, -0.15) is 8.78 Å². The van der Waals surface area contributed by atoms with E-state index in [2.05, 4.69) is 10.1 Å². The number of ether oxygens (including phenoxy) is 1. The summed E-state index contributed by atoms with van der Waals surface area (Å²) in [4.78, 5) is 12.5. The number of anilines is 1. The van der Waals surface area contributed by atoms with Gasteiger partial charge in [0.05, 0.1) is 0 Å². The summed E-state index contributed by atoms with van der Waals surface area (Å²) < 4.78 is 28.9. The van der Waals surface area contributed by atoms with Crippen molar-refractivity contribution in [2.24, 2.45) is 23.5 Å². The fourth-order valence-corrected chi connectivity index (χ4v) is 4.00. The highest BCUT2D eigenvalue weighted by molar-refractivity contribution is 5.92. The van der Waals surface area contributed by atoms with E-state index in [1.165, 1.54) is 18.6 Å². The van der Waals surface area contributed by atoms with Crippen LogP contribution in [0.25, 0.3) is 0 Å². The summed E-state index contributed by atoms with van der Waals surface area (Å²) in [6.07, 6.45) is 5.02. The number of rotatable bonds is 4. The highest BCUT2D eigenvalue weighted by Gasteiger charge is 2.40. The number of carbonyl (C=O) groups is 1. The second-order valence-electron chi connectivity index (χ2n) is 6.59. The molecule has 0 spiro atoms. The summed E-state index contributed by atoms with van der Waals surface area (Å²) in [5, 5.41) is 2.82. The molecule has 24 heavy (non-hydrogen) atoms. The van der Waals surface area contributed by atoms with Crippen LogP contribution in [0.1, 0.15) is 32.1 Å². The molecule has 0 radical (unpaired) electrons. The largest absolute Gasteiger partial charge is 0.435 e. The second kappa shape index (κ2) is 8.12. The Kier molecular flexibility index (Phi) is 6.40. The normalized spacial score (nSPS) is 28.8. The van der Waals surface area contributed by atoms with E-state index in [0.29, 0.717) is 17.5 Å². The van der Waals surface area contributed by atoms with Gasteiger partial charge in [0.2, 0.25) is 5.91 Å². The number of alkyl halides is 2. The molecule has 0 heterocycles. The Morgan fingerprint density at radius 3 is 2.54 bits per heavy atom. The lowest BCUT2D eigenvalue weighted by molar-refractivity contribution is -0.122. The van der Waals surface area contributed by atoms with Crippen LogP contribution < -0.4 is 15.8 Å². The van der Waals surface area contributed by atoms with Gasteiger partial charge in [-0.15, -0.1) is 12.4 Å². The molecule has 2 unspecified atom stereocenters. The molecule has 0 aliphatic heterocycles. The quantitative estimate of drug-likeness (QED) is 0.858. The Labute approximate surface area is 146 Å². The molecule has 3 N–H and O–H groups in total.